The standard InChI is InChI=1S/C14H10N4/c1-10-3-2-4-13(5-10)18-14-12(9-17-18)6-11(7-15)8-16-14/h2-6,8-9H,1H3. The van der Waals surface area contributed by atoms with Crippen LogP contribution in [0, 0.1) is 18.3 Å². The molecule has 0 saturated heterocycles. The molecule has 0 bridgehead atoms. The van der Waals surface area contributed by atoms with Crippen molar-refractivity contribution in [2.75, 3.05) is 0 Å². The van der Waals surface area contributed by atoms with Crippen molar-refractivity contribution in [3.63, 3.8) is 0 Å². The Morgan fingerprint density at radius 2 is 2.11 bits per heavy atom. The van der Waals surface area contributed by atoms with Crippen LogP contribution in [0.15, 0.2) is 42.7 Å². The lowest BCUT2D eigenvalue weighted by Crippen LogP contribution is -1.97. The third-order valence-electron chi connectivity index (χ3n) is 2.78. The molecular weight excluding hydrogens is 224 g/mol. The van der Waals surface area contributed by atoms with Crippen LogP contribution in [0.5, 0.6) is 0 Å². The Morgan fingerprint density at radius 3 is 2.89 bits per heavy atom. The third kappa shape index (κ3) is 1.62. The van der Waals surface area contributed by atoms with Crippen molar-refractivity contribution in [1.82, 2.24) is 14.8 Å². The summed E-state index contributed by atoms with van der Waals surface area (Å²) < 4.78 is 1.78. The normalized spacial score (nSPS) is 10.4. The van der Waals surface area contributed by atoms with Crippen molar-refractivity contribution in [2.45, 2.75) is 6.92 Å². The first-order valence-electron chi connectivity index (χ1n) is 5.59. The van der Waals surface area contributed by atoms with E-state index in [0.717, 1.165) is 16.7 Å². The van der Waals surface area contributed by atoms with E-state index in [1.54, 1.807) is 23.1 Å². The Hall–Kier alpha value is -2.67. The highest BCUT2D eigenvalue weighted by Gasteiger charge is 2.06. The summed E-state index contributed by atoms with van der Waals surface area (Å²) in [5, 5.41) is 14.0. The van der Waals surface area contributed by atoms with Gasteiger partial charge in [-0.2, -0.15) is 10.4 Å². The maximum atomic E-state index is 8.84. The van der Waals surface area contributed by atoms with E-state index >= 15 is 0 Å². The molecule has 3 rings (SSSR count). The lowest BCUT2D eigenvalue weighted by atomic mass is 10.2. The average Bonchev–Trinajstić information content (AvgIpc) is 2.81. The van der Waals surface area contributed by atoms with Gasteiger partial charge in [0.1, 0.15) is 6.07 Å². The van der Waals surface area contributed by atoms with Gasteiger partial charge in [0.2, 0.25) is 0 Å². The Morgan fingerprint density at radius 1 is 1.22 bits per heavy atom. The summed E-state index contributed by atoms with van der Waals surface area (Å²) in [5.41, 5.74) is 3.46. The molecular formula is C14H10N4. The fourth-order valence-electron chi connectivity index (χ4n) is 1.93. The van der Waals surface area contributed by atoms with Gasteiger partial charge in [-0.1, -0.05) is 12.1 Å². The molecule has 0 fully saturated rings. The molecule has 0 aliphatic rings. The molecule has 4 heteroatoms. The first-order chi connectivity index (χ1) is 8.78. The van der Waals surface area contributed by atoms with Crippen LogP contribution in [0.2, 0.25) is 0 Å². The monoisotopic (exact) mass is 234 g/mol. The number of nitriles is 1. The van der Waals surface area contributed by atoms with Crippen LogP contribution < -0.4 is 0 Å². The van der Waals surface area contributed by atoms with E-state index in [0.29, 0.717) is 5.56 Å². The van der Waals surface area contributed by atoms with Gasteiger partial charge in [0.15, 0.2) is 5.65 Å². The van der Waals surface area contributed by atoms with Crippen molar-refractivity contribution in [3.8, 4) is 11.8 Å². The van der Waals surface area contributed by atoms with Crippen molar-refractivity contribution in [3.05, 3.63) is 53.9 Å². The van der Waals surface area contributed by atoms with Crippen LogP contribution in [-0.2, 0) is 0 Å². The minimum atomic E-state index is 0.547. The van der Waals surface area contributed by atoms with Crippen LogP contribution in [0.1, 0.15) is 11.1 Å². The molecule has 2 heterocycles. The molecule has 0 radical (unpaired) electrons. The largest absolute Gasteiger partial charge is 0.235 e. The molecule has 0 unspecified atom stereocenters. The van der Waals surface area contributed by atoms with Crippen LogP contribution in [-0.4, -0.2) is 14.8 Å². The Kier molecular flexibility index (Phi) is 2.31. The van der Waals surface area contributed by atoms with Crippen molar-refractivity contribution < 1.29 is 0 Å². The first-order valence-corrected chi connectivity index (χ1v) is 5.59. The Labute approximate surface area is 104 Å². The summed E-state index contributed by atoms with van der Waals surface area (Å²) in [7, 11) is 0. The highest BCUT2D eigenvalue weighted by atomic mass is 15.3. The van der Waals surface area contributed by atoms with E-state index < -0.39 is 0 Å². The Balaban J connectivity index is 2.22. The van der Waals surface area contributed by atoms with E-state index in [9.17, 15) is 0 Å². The highest BCUT2D eigenvalue weighted by Crippen LogP contribution is 2.17. The second-order valence-corrected chi connectivity index (χ2v) is 4.14. The maximum Gasteiger partial charge on any atom is 0.162 e. The topological polar surface area (TPSA) is 54.5 Å². The van der Waals surface area contributed by atoms with Gasteiger partial charge in [-0.3, -0.25) is 0 Å². The lowest BCUT2D eigenvalue weighted by Gasteiger charge is -2.03. The minimum absolute atomic E-state index is 0.547. The molecule has 0 aliphatic heterocycles. The lowest BCUT2D eigenvalue weighted by molar-refractivity contribution is 0.895. The fourth-order valence-corrected chi connectivity index (χ4v) is 1.93. The number of rotatable bonds is 1. The fraction of sp³-hybridized carbons (Fsp3) is 0.0714. The number of pyridine rings is 1. The molecule has 0 aliphatic carbocycles. The van der Waals surface area contributed by atoms with E-state index in [2.05, 4.69) is 16.2 Å². The summed E-state index contributed by atoms with van der Waals surface area (Å²) >= 11 is 0. The number of nitrogens with zero attached hydrogens (tertiary/aromatic N) is 4. The zero-order valence-corrected chi connectivity index (χ0v) is 9.83. The molecule has 0 amide bonds. The summed E-state index contributed by atoms with van der Waals surface area (Å²) in [6.07, 6.45) is 3.29. The molecule has 0 saturated carbocycles. The summed E-state index contributed by atoms with van der Waals surface area (Å²) in [4.78, 5) is 4.30. The predicted octanol–water partition coefficient (Wildman–Crippen LogP) is 2.60. The zero-order valence-electron chi connectivity index (χ0n) is 9.83. The Bertz CT molecular complexity index is 765. The van der Waals surface area contributed by atoms with Crippen LogP contribution in [0.3, 0.4) is 0 Å². The van der Waals surface area contributed by atoms with Crippen molar-refractivity contribution in [2.24, 2.45) is 0 Å². The van der Waals surface area contributed by atoms with Crippen LogP contribution in [0.4, 0.5) is 0 Å². The van der Waals surface area contributed by atoms with Crippen LogP contribution >= 0.6 is 0 Å². The number of hydrogen-bond donors (Lipinski definition) is 0. The van der Waals surface area contributed by atoms with E-state index in [-0.39, 0.29) is 0 Å². The van der Waals surface area contributed by atoms with Gasteiger partial charge in [-0.15, -0.1) is 0 Å². The molecule has 3 aromatic rings. The third-order valence-corrected chi connectivity index (χ3v) is 2.78. The summed E-state index contributed by atoms with van der Waals surface area (Å²) in [6, 6.07) is 11.9. The van der Waals surface area contributed by atoms with Gasteiger partial charge in [0, 0.05) is 11.6 Å². The molecule has 1 aromatic carbocycles. The van der Waals surface area contributed by atoms with Gasteiger partial charge in [-0.05, 0) is 30.7 Å². The van der Waals surface area contributed by atoms with Crippen molar-refractivity contribution in [1.29, 1.82) is 5.26 Å². The van der Waals surface area contributed by atoms with Gasteiger partial charge in [0.05, 0.1) is 17.4 Å². The summed E-state index contributed by atoms with van der Waals surface area (Å²) in [6.45, 7) is 2.04. The SMILES string of the molecule is Cc1cccc(-n2ncc3cc(C#N)cnc32)c1. The van der Waals surface area contributed by atoms with Crippen molar-refractivity contribution >= 4 is 11.0 Å². The number of fused-ring (bicyclic) bond motifs is 1. The molecule has 0 N–H and O–H groups in total. The average molecular weight is 234 g/mol. The van der Waals surface area contributed by atoms with Gasteiger partial charge in [0.25, 0.3) is 0 Å². The van der Waals surface area contributed by atoms with E-state index in [1.807, 2.05) is 31.2 Å². The second-order valence-electron chi connectivity index (χ2n) is 4.14. The molecule has 2 aromatic heterocycles. The molecule has 4 nitrogen and oxygen atoms in total. The second kappa shape index (κ2) is 3.97. The summed E-state index contributed by atoms with van der Waals surface area (Å²) in [5.74, 6) is 0. The minimum Gasteiger partial charge on any atom is -0.235 e. The van der Waals surface area contributed by atoms with Crippen LogP contribution in [0.25, 0.3) is 16.7 Å². The highest BCUT2D eigenvalue weighted by molar-refractivity contribution is 5.77. The molecule has 0 spiro atoms. The zero-order chi connectivity index (χ0) is 12.5. The number of aromatic nitrogens is 3. The molecule has 0 atom stereocenters. The first kappa shape index (κ1) is 10.5. The maximum absolute atomic E-state index is 8.84. The number of aryl methyl sites for hydroxylation is 1. The van der Waals surface area contributed by atoms with Gasteiger partial charge < -0.3 is 0 Å². The quantitative estimate of drug-likeness (QED) is 0.650. The van der Waals surface area contributed by atoms with E-state index in [1.165, 1.54) is 5.56 Å². The van der Waals surface area contributed by atoms with E-state index in [4.69, 9.17) is 5.26 Å². The molecule has 86 valence electrons. The predicted molar refractivity (Wildman–Crippen MR) is 68.3 cm³/mol. The van der Waals surface area contributed by atoms with Gasteiger partial charge in [-0.25, -0.2) is 9.67 Å². The number of hydrogen-bond acceptors (Lipinski definition) is 3. The number of benzene rings is 1. The smallest absolute Gasteiger partial charge is 0.162 e. The molecule has 18 heavy (non-hydrogen) atoms. The van der Waals surface area contributed by atoms with Gasteiger partial charge >= 0.3 is 0 Å².